The minimum atomic E-state index is -1.16. The van der Waals surface area contributed by atoms with Crippen LogP contribution in [0, 0.1) is 5.82 Å². The number of rotatable bonds is 4. The first kappa shape index (κ1) is 12.4. The molecule has 0 aromatic heterocycles. The van der Waals surface area contributed by atoms with Gasteiger partial charge in [-0.1, -0.05) is 12.1 Å². The van der Waals surface area contributed by atoms with Crippen molar-refractivity contribution in [2.24, 2.45) is 0 Å². The minimum absolute atomic E-state index is 0.0878. The van der Waals surface area contributed by atoms with Gasteiger partial charge < -0.3 is 15.3 Å². The lowest BCUT2D eigenvalue weighted by atomic mass is 10.0. The van der Waals surface area contributed by atoms with Crippen molar-refractivity contribution >= 4 is 12.6 Å². The molecule has 15 heavy (non-hydrogen) atoms. The number of aliphatic hydroxyl groups excluding tert-OH is 3. The van der Waals surface area contributed by atoms with Gasteiger partial charge in [0.15, 0.2) is 0 Å². The normalized spacial score (nSPS) is 15.0. The van der Waals surface area contributed by atoms with Crippen LogP contribution < -0.4 is 0 Å². The molecule has 1 aromatic rings. The third kappa shape index (κ3) is 2.92. The van der Waals surface area contributed by atoms with Crippen molar-refractivity contribution in [3.63, 3.8) is 0 Å². The van der Waals surface area contributed by atoms with E-state index in [1.807, 2.05) is 0 Å². The molecule has 2 atom stereocenters. The van der Waals surface area contributed by atoms with E-state index in [2.05, 4.69) is 12.6 Å². The largest absolute Gasteiger partial charge is 0.392 e. The summed E-state index contributed by atoms with van der Waals surface area (Å²) in [7, 11) is 0. The van der Waals surface area contributed by atoms with Crippen LogP contribution in [0.1, 0.15) is 17.2 Å². The first-order valence-corrected chi connectivity index (χ1v) is 5.09. The molecule has 3 N–H and O–H groups in total. The van der Waals surface area contributed by atoms with Gasteiger partial charge in [0.25, 0.3) is 0 Å². The lowest BCUT2D eigenvalue weighted by molar-refractivity contribution is 0.0335. The molecule has 1 rings (SSSR count). The molecule has 0 heterocycles. The van der Waals surface area contributed by atoms with Crippen LogP contribution >= 0.6 is 12.6 Å². The fraction of sp³-hybridized carbons (Fsp3) is 0.400. The number of thiol groups is 1. The Morgan fingerprint density at radius 3 is 2.47 bits per heavy atom. The highest BCUT2D eigenvalue weighted by atomic mass is 32.1. The van der Waals surface area contributed by atoms with E-state index in [0.717, 1.165) is 6.07 Å². The first-order chi connectivity index (χ1) is 7.10. The molecule has 5 heteroatoms. The van der Waals surface area contributed by atoms with E-state index in [4.69, 9.17) is 5.11 Å². The smallest absolute Gasteiger partial charge is 0.129 e. The molecule has 0 aliphatic rings. The molecule has 0 spiro atoms. The van der Waals surface area contributed by atoms with Gasteiger partial charge >= 0.3 is 0 Å². The highest BCUT2D eigenvalue weighted by Gasteiger charge is 2.17. The zero-order chi connectivity index (χ0) is 11.4. The van der Waals surface area contributed by atoms with Crippen LogP contribution in [-0.2, 0) is 6.61 Å². The van der Waals surface area contributed by atoms with Gasteiger partial charge in [-0.2, -0.15) is 12.6 Å². The second kappa shape index (κ2) is 5.46. The monoisotopic (exact) mass is 232 g/mol. The Labute approximate surface area is 92.6 Å². The van der Waals surface area contributed by atoms with Crippen molar-refractivity contribution in [3.8, 4) is 0 Å². The molecule has 0 fully saturated rings. The predicted octanol–water partition coefficient (Wildman–Crippen LogP) is 0.642. The van der Waals surface area contributed by atoms with Gasteiger partial charge in [0, 0.05) is 11.3 Å². The van der Waals surface area contributed by atoms with E-state index >= 15 is 0 Å². The fourth-order valence-electron chi connectivity index (χ4n) is 1.20. The second-order valence-corrected chi connectivity index (χ2v) is 3.57. The van der Waals surface area contributed by atoms with Gasteiger partial charge in [0.05, 0.1) is 12.7 Å². The Bertz CT molecular complexity index is 332. The Hall–Kier alpha value is -0.620. The lowest BCUT2D eigenvalue weighted by Crippen LogP contribution is -2.19. The molecule has 0 amide bonds. The average molecular weight is 232 g/mol. The quantitative estimate of drug-likeness (QED) is 0.576. The van der Waals surface area contributed by atoms with Crippen molar-refractivity contribution < 1.29 is 19.7 Å². The van der Waals surface area contributed by atoms with Crippen LogP contribution in [0.25, 0.3) is 0 Å². The molecule has 0 bridgehead atoms. The molecular formula is C10H13FO3S. The van der Waals surface area contributed by atoms with Crippen LogP contribution in [-0.4, -0.2) is 27.2 Å². The van der Waals surface area contributed by atoms with Crippen molar-refractivity contribution in [2.45, 2.75) is 18.8 Å². The van der Waals surface area contributed by atoms with Crippen molar-refractivity contribution in [1.82, 2.24) is 0 Å². The van der Waals surface area contributed by atoms with Crippen molar-refractivity contribution in [1.29, 1.82) is 0 Å². The van der Waals surface area contributed by atoms with Gasteiger partial charge in [0.1, 0.15) is 11.9 Å². The molecule has 2 unspecified atom stereocenters. The zero-order valence-electron chi connectivity index (χ0n) is 7.97. The van der Waals surface area contributed by atoms with E-state index in [1.165, 1.54) is 12.1 Å². The Morgan fingerprint density at radius 2 is 2.00 bits per heavy atom. The maximum Gasteiger partial charge on any atom is 0.129 e. The summed E-state index contributed by atoms with van der Waals surface area (Å²) in [5, 5.41) is 27.6. The summed E-state index contributed by atoms with van der Waals surface area (Å²) in [6.45, 7) is -0.392. The molecular weight excluding hydrogens is 219 g/mol. The SMILES string of the molecule is OCc1ccc(C(O)C(O)CS)cc1F. The maximum atomic E-state index is 13.2. The van der Waals surface area contributed by atoms with Crippen LogP contribution in [0.3, 0.4) is 0 Å². The maximum absolute atomic E-state index is 13.2. The summed E-state index contributed by atoms with van der Waals surface area (Å²) >= 11 is 3.83. The topological polar surface area (TPSA) is 60.7 Å². The van der Waals surface area contributed by atoms with Gasteiger partial charge in [0.2, 0.25) is 0 Å². The fourth-order valence-corrected chi connectivity index (χ4v) is 1.40. The van der Waals surface area contributed by atoms with E-state index in [1.54, 1.807) is 0 Å². The summed E-state index contributed by atoms with van der Waals surface area (Å²) in [6.07, 6.45) is -2.20. The number of aliphatic hydroxyl groups is 3. The van der Waals surface area contributed by atoms with E-state index in [0.29, 0.717) is 0 Å². The van der Waals surface area contributed by atoms with Crippen LogP contribution in [0.15, 0.2) is 18.2 Å². The Kier molecular flexibility index (Phi) is 4.53. The number of hydrogen-bond acceptors (Lipinski definition) is 4. The predicted molar refractivity (Wildman–Crippen MR) is 57.1 cm³/mol. The Morgan fingerprint density at radius 1 is 1.33 bits per heavy atom. The summed E-state index contributed by atoms with van der Waals surface area (Å²) in [5.74, 6) is -0.509. The Balaban J connectivity index is 2.92. The van der Waals surface area contributed by atoms with Crippen LogP contribution in [0.4, 0.5) is 4.39 Å². The van der Waals surface area contributed by atoms with Crippen LogP contribution in [0.5, 0.6) is 0 Å². The number of halogens is 1. The van der Waals surface area contributed by atoms with Gasteiger partial charge in [-0.3, -0.25) is 0 Å². The third-order valence-corrected chi connectivity index (χ3v) is 2.51. The highest BCUT2D eigenvalue weighted by molar-refractivity contribution is 7.80. The highest BCUT2D eigenvalue weighted by Crippen LogP contribution is 2.20. The summed E-state index contributed by atoms with van der Waals surface area (Å²) in [6, 6.07) is 3.94. The minimum Gasteiger partial charge on any atom is -0.392 e. The molecule has 0 saturated carbocycles. The van der Waals surface area contributed by atoms with E-state index in [9.17, 15) is 14.6 Å². The van der Waals surface area contributed by atoms with E-state index < -0.39 is 24.6 Å². The summed E-state index contributed by atoms with van der Waals surface area (Å²) in [5.41, 5.74) is 0.428. The molecule has 1 aromatic carbocycles. The molecule has 0 saturated heterocycles. The average Bonchev–Trinajstić information content (AvgIpc) is 2.26. The number of benzene rings is 1. The van der Waals surface area contributed by atoms with Gasteiger partial charge in [-0.05, 0) is 11.6 Å². The molecule has 0 aliphatic carbocycles. The van der Waals surface area contributed by atoms with Crippen LogP contribution in [0.2, 0.25) is 0 Å². The van der Waals surface area contributed by atoms with E-state index in [-0.39, 0.29) is 16.9 Å². The standard InChI is InChI=1S/C10H13FO3S/c11-8-3-6(1-2-7(8)4-12)10(14)9(13)5-15/h1-3,9-10,12-15H,4-5H2. The van der Waals surface area contributed by atoms with Gasteiger partial charge in [-0.25, -0.2) is 4.39 Å². The first-order valence-electron chi connectivity index (χ1n) is 4.46. The summed E-state index contributed by atoms with van der Waals surface area (Å²) < 4.78 is 13.2. The van der Waals surface area contributed by atoms with Crippen molar-refractivity contribution in [2.75, 3.05) is 5.75 Å². The molecule has 3 nitrogen and oxygen atoms in total. The second-order valence-electron chi connectivity index (χ2n) is 3.20. The molecule has 0 radical (unpaired) electrons. The van der Waals surface area contributed by atoms with Gasteiger partial charge in [-0.15, -0.1) is 0 Å². The molecule has 0 aliphatic heterocycles. The number of hydrogen-bond donors (Lipinski definition) is 4. The lowest BCUT2D eigenvalue weighted by Gasteiger charge is -2.16. The molecule has 84 valence electrons. The zero-order valence-corrected chi connectivity index (χ0v) is 8.86. The summed E-state index contributed by atoms with van der Waals surface area (Å²) in [4.78, 5) is 0. The van der Waals surface area contributed by atoms with Crippen molar-refractivity contribution in [3.05, 3.63) is 35.1 Å². The third-order valence-electron chi connectivity index (χ3n) is 2.14.